The normalized spacial score (nSPS) is 12.3. The predicted octanol–water partition coefficient (Wildman–Crippen LogP) is 6.03. The monoisotopic (exact) mass is 283 g/mol. The first-order valence-corrected chi connectivity index (χ1v) is 9.26. The highest BCUT2D eigenvalue weighted by Crippen LogP contribution is 2.20. The molecule has 0 unspecified atom stereocenters. The summed E-state index contributed by atoms with van der Waals surface area (Å²) in [6.07, 6.45) is 11.0. The zero-order valence-corrected chi connectivity index (χ0v) is 15.2. The first-order valence-electron chi connectivity index (χ1n) is 9.26. The van der Waals surface area contributed by atoms with Crippen LogP contribution in [0, 0.1) is 17.8 Å². The molecule has 0 spiro atoms. The van der Waals surface area contributed by atoms with E-state index in [0.717, 1.165) is 23.8 Å². The third kappa shape index (κ3) is 9.80. The van der Waals surface area contributed by atoms with Crippen LogP contribution in [0.1, 0.15) is 92.9 Å². The van der Waals surface area contributed by atoms with Gasteiger partial charge >= 0.3 is 0 Å². The smallest absolute Gasteiger partial charge is 0.00671 e. The van der Waals surface area contributed by atoms with E-state index < -0.39 is 0 Å². The summed E-state index contributed by atoms with van der Waals surface area (Å²) in [6.45, 7) is 15.3. The second-order valence-electron chi connectivity index (χ2n) is 7.25. The van der Waals surface area contributed by atoms with Crippen LogP contribution in [-0.2, 0) is 0 Å². The molecule has 0 aromatic carbocycles. The van der Waals surface area contributed by atoms with Crippen LogP contribution in [0.15, 0.2) is 0 Å². The third-order valence-corrected chi connectivity index (χ3v) is 4.67. The van der Waals surface area contributed by atoms with Crippen molar-refractivity contribution in [3.63, 3.8) is 0 Å². The largest absolute Gasteiger partial charge is 0.314 e. The maximum Gasteiger partial charge on any atom is 0.00671 e. The SMILES string of the molecule is CCCCCC(CCCCC)NCC(C(C)C)C(C)C. The molecule has 122 valence electrons. The number of hydrogen-bond donors (Lipinski definition) is 1. The van der Waals surface area contributed by atoms with E-state index in [9.17, 15) is 0 Å². The van der Waals surface area contributed by atoms with E-state index in [0.29, 0.717) is 0 Å². The van der Waals surface area contributed by atoms with Crippen molar-refractivity contribution < 1.29 is 0 Å². The maximum absolute atomic E-state index is 3.90. The summed E-state index contributed by atoms with van der Waals surface area (Å²) in [5.74, 6) is 2.39. The molecule has 0 atom stereocenters. The summed E-state index contributed by atoms with van der Waals surface area (Å²) in [6, 6.07) is 0.758. The first-order chi connectivity index (χ1) is 9.52. The van der Waals surface area contributed by atoms with E-state index in [-0.39, 0.29) is 0 Å². The maximum atomic E-state index is 3.90. The van der Waals surface area contributed by atoms with E-state index in [1.54, 1.807) is 0 Å². The van der Waals surface area contributed by atoms with Gasteiger partial charge in [0.05, 0.1) is 0 Å². The zero-order chi connectivity index (χ0) is 15.4. The Balaban J connectivity index is 4.16. The standard InChI is InChI=1S/C19H41N/c1-7-9-11-13-18(14-12-10-8-2)20-15-19(16(3)4)17(5)6/h16-20H,7-15H2,1-6H3. The number of hydrogen-bond acceptors (Lipinski definition) is 1. The number of rotatable bonds is 13. The number of nitrogens with one attached hydrogen (secondary N) is 1. The lowest BCUT2D eigenvalue weighted by atomic mass is 9.85. The van der Waals surface area contributed by atoms with Gasteiger partial charge in [-0.05, 0) is 37.1 Å². The van der Waals surface area contributed by atoms with Gasteiger partial charge in [-0.1, -0.05) is 80.1 Å². The van der Waals surface area contributed by atoms with Crippen LogP contribution in [0.3, 0.4) is 0 Å². The molecule has 20 heavy (non-hydrogen) atoms. The molecule has 0 aliphatic heterocycles. The van der Waals surface area contributed by atoms with Crippen molar-refractivity contribution >= 4 is 0 Å². The molecule has 0 rings (SSSR count). The lowest BCUT2D eigenvalue weighted by Gasteiger charge is -2.28. The molecule has 0 amide bonds. The van der Waals surface area contributed by atoms with Crippen molar-refractivity contribution in [1.29, 1.82) is 0 Å². The van der Waals surface area contributed by atoms with E-state index >= 15 is 0 Å². The Labute approximate surface area is 129 Å². The number of unbranched alkanes of at least 4 members (excludes halogenated alkanes) is 4. The van der Waals surface area contributed by atoms with Gasteiger partial charge in [0, 0.05) is 6.04 Å². The van der Waals surface area contributed by atoms with Crippen LogP contribution in [0.5, 0.6) is 0 Å². The topological polar surface area (TPSA) is 12.0 Å². The van der Waals surface area contributed by atoms with Gasteiger partial charge in [0.15, 0.2) is 0 Å². The summed E-state index contributed by atoms with van der Waals surface area (Å²) in [5.41, 5.74) is 0. The van der Waals surface area contributed by atoms with E-state index in [1.165, 1.54) is 57.9 Å². The molecule has 0 aromatic heterocycles. The fourth-order valence-electron chi connectivity index (χ4n) is 3.17. The summed E-state index contributed by atoms with van der Waals surface area (Å²) in [5, 5.41) is 3.90. The zero-order valence-electron chi connectivity index (χ0n) is 15.2. The molecular weight excluding hydrogens is 242 g/mol. The molecule has 0 aliphatic carbocycles. The highest BCUT2D eigenvalue weighted by molar-refractivity contribution is 4.74. The van der Waals surface area contributed by atoms with Gasteiger partial charge in [-0.25, -0.2) is 0 Å². The second-order valence-corrected chi connectivity index (χ2v) is 7.25. The van der Waals surface area contributed by atoms with Crippen LogP contribution in [-0.4, -0.2) is 12.6 Å². The molecule has 1 heteroatoms. The summed E-state index contributed by atoms with van der Waals surface area (Å²) < 4.78 is 0. The highest BCUT2D eigenvalue weighted by atomic mass is 14.9. The molecule has 1 N–H and O–H groups in total. The molecule has 1 nitrogen and oxygen atoms in total. The van der Waals surface area contributed by atoms with Crippen molar-refractivity contribution in [2.24, 2.45) is 17.8 Å². The molecule has 0 fully saturated rings. The van der Waals surface area contributed by atoms with Gasteiger partial charge in [-0.15, -0.1) is 0 Å². The molecule has 0 radical (unpaired) electrons. The Bertz CT molecular complexity index is 180. The molecule has 0 bridgehead atoms. The van der Waals surface area contributed by atoms with Gasteiger partial charge < -0.3 is 5.32 Å². The lowest BCUT2D eigenvalue weighted by Crippen LogP contribution is -2.37. The lowest BCUT2D eigenvalue weighted by molar-refractivity contribution is 0.257. The van der Waals surface area contributed by atoms with Gasteiger partial charge in [-0.3, -0.25) is 0 Å². The minimum absolute atomic E-state index is 0.758. The highest BCUT2D eigenvalue weighted by Gasteiger charge is 2.18. The second kappa shape index (κ2) is 12.7. The predicted molar refractivity (Wildman–Crippen MR) is 93.2 cm³/mol. The van der Waals surface area contributed by atoms with Crippen LogP contribution in [0.25, 0.3) is 0 Å². The van der Waals surface area contributed by atoms with Crippen LogP contribution in [0.4, 0.5) is 0 Å². The minimum Gasteiger partial charge on any atom is -0.314 e. The van der Waals surface area contributed by atoms with Gasteiger partial charge in [-0.2, -0.15) is 0 Å². The minimum atomic E-state index is 0.758. The Morgan fingerprint density at radius 2 is 1.15 bits per heavy atom. The molecule has 0 aromatic rings. The van der Waals surface area contributed by atoms with E-state index in [1.807, 2.05) is 0 Å². The Morgan fingerprint density at radius 1 is 0.700 bits per heavy atom. The molecule has 0 heterocycles. The summed E-state index contributed by atoms with van der Waals surface area (Å²) in [7, 11) is 0. The average Bonchev–Trinajstić information content (AvgIpc) is 2.38. The Kier molecular flexibility index (Phi) is 12.7. The Morgan fingerprint density at radius 3 is 1.50 bits per heavy atom. The van der Waals surface area contributed by atoms with Crippen molar-refractivity contribution in [3.8, 4) is 0 Å². The Hall–Kier alpha value is -0.0400. The van der Waals surface area contributed by atoms with Gasteiger partial charge in [0.25, 0.3) is 0 Å². The summed E-state index contributed by atoms with van der Waals surface area (Å²) in [4.78, 5) is 0. The fraction of sp³-hybridized carbons (Fsp3) is 1.00. The van der Waals surface area contributed by atoms with Crippen molar-refractivity contribution in [1.82, 2.24) is 5.32 Å². The average molecular weight is 284 g/mol. The molecule has 0 saturated carbocycles. The third-order valence-electron chi connectivity index (χ3n) is 4.67. The quantitative estimate of drug-likeness (QED) is 0.407. The van der Waals surface area contributed by atoms with Crippen molar-refractivity contribution in [2.45, 2.75) is 99.0 Å². The van der Waals surface area contributed by atoms with Gasteiger partial charge in [0.1, 0.15) is 0 Å². The molecule has 0 saturated heterocycles. The molecular formula is C19H41N. The van der Waals surface area contributed by atoms with Crippen LogP contribution < -0.4 is 5.32 Å². The van der Waals surface area contributed by atoms with Crippen molar-refractivity contribution in [3.05, 3.63) is 0 Å². The van der Waals surface area contributed by atoms with Crippen LogP contribution >= 0.6 is 0 Å². The van der Waals surface area contributed by atoms with E-state index in [4.69, 9.17) is 0 Å². The van der Waals surface area contributed by atoms with Crippen LogP contribution in [0.2, 0.25) is 0 Å². The van der Waals surface area contributed by atoms with E-state index in [2.05, 4.69) is 46.9 Å². The van der Waals surface area contributed by atoms with Gasteiger partial charge in [0.2, 0.25) is 0 Å². The first kappa shape index (κ1) is 20.0. The summed E-state index contributed by atoms with van der Waals surface area (Å²) >= 11 is 0. The molecule has 0 aliphatic rings. The van der Waals surface area contributed by atoms with Crippen molar-refractivity contribution in [2.75, 3.05) is 6.54 Å². The fourth-order valence-corrected chi connectivity index (χ4v) is 3.17.